The summed E-state index contributed by atoms with van der Waals surface area (Å²) in [6.45, 7) is 1.03. The summed E-state index contributed by atoms with van der Waals surface area (Å²) in [6, 6.07) is 4.82. The van der Waals surface area contributed by atoms with Crippen molar-refractivity contribution < 1.29 is 65.4 Å². The number of nitrogen functional groups attached to an aromatic ring is 1. The molecule has 24 heteroatoms. The topological polar surface area (TPSA) is 274 Å². The quantitative estimate of drug-likeness (QED) is 0.0903. The average Bonchev–Trinajstić information content (AvgIpc) is 3.54. The van der Waals surface area contributed by atoms with Gasteiger partial charge in [-0.2, -0.15) is 8.62 Å². The third-order valence-corrected chi connectivity index (χ3v) is 12.1. The SMILES string of the molecule is COc1ccc(C(=O)O[C@@H]2C[C@H](n3cnc4c(N)ncnc43)O[C@@H]2COP(=O)(O)OP(=O)(O)OP(=O)(O)O)c(C(C)SSC)c1. The number of esters is 1. The van der Waals surface area contributed by atoms with Gasteiger partial charge in [0.25, 0.3) is 0 Å². The lowest BCUT2D eigenvalue weighted by molar-refractivity contribution is -0.0490. The Morgan fingerprint density at radius 3 is 2.56 bits per heavy atom. The van der Waals surface area contributed by atoms with Crippen molar-refractivity contribution in [2.24, 2.45) is 0 Å². The van der Waals surface area contributed by atoms with Gasteiger partial charge in [-0.05, 0) is 36.9 Å². The normalized spacial score (nSPS) is 22.1. The average molecular weight is 732 g/mol. The van der Waals surface area contributed by atoms with Crippen molar-refractivity contribution in [1.82, 2.24) is 19.5 Å². The minimum absolute atomic E-state index is 0.0495. The van der Waals surface area contributed by atoms with Crippen LogP contribution in [0.1, 0.15) is 40.7 Å². The predicted molar refractivity (Wildman–Crippen MR) is 160 cm³/mol. The fourth-order valence-corrected chi connectivity index (χ4v) is 9.08. The second kappa shape index (κ2) is 14.4. The Kier molecular flexibility index (Phi) is 11.4. The molecule has 1 saturated heterocycles. The van der Waals surface area contributed by atoms with E-state index >= 15 is 0 Å². The minimum Gasteiger partial charge on any atom is -0.497 e. The lowest BCUT2D eigenvalue weighted by Crippen LogP contribution is -2.31. The second-order valence-electron chi connectivity index (χ2n) is 9.14. The fourth-order valence-electron chi connectivity index (χ4n) is 4.28. The summed E-state index contributed by atoms with van der Waals surface area (Å²) in [5, 5.41) is -0.159. The van der Waals surface area contributed by atoms with Gasteiger partial charge in [-0.3, -0.25) is 9.09 Å². The zero-order valence-electron chi connectivity index (χ0n) is 23.5. The highest BCUT2D eigenvalue weighted by Gasteiger charge is 2.44. The van der Waals surface area contributed by atoms with E-state index in [9.17, 15) is 28.3 Å². The number of nitrogens with two attached hydrogens (primary N) is 1. The van der Waals surface area contributed by atoms with Crippen molar-refractivity contribution in [2.45, 2.75) is 37.0 Å². The Morgan fingerprint density at radius 1 is 1.16 bits per heavy atom. The number of imidazole rings is 1. The molecule has 6 atom stereocenters. The molecule has 0 radical (unpaired) electrons. The molecule has 3 unspecified atom stereocenters. The highest BCUT2D eigenvalue weighted by molar-refractivity contribution is 8.76. The number of fused-ring (bicyclic) bond motifs is 1. The zero-order valence-corrected chi connectivity index (χ0v) is 27.8. The molecule has 3 aromatic rings. The van der Waals surface area contributed by atoms with Gasteiger partial charge in [0.05, 0.1) is 25.6 Å². The maximum Gasteiger partial charge on any atom is 0.490 e. The highest BCUT2D eigenvalue weighted by atomic mass is 33.1. The second-order valence-corrected chi connectivity index (χ2v) is 16.4. The van der Waals surface area contributed by atoms with E-state index in [2.05, 4.69) is 23.6 Å². The zero-order chi connectivity index (χ0) is 33.2. The van der Waals surface area contributed by atoms with Crippen molar-refractivity contribution in [1.29, 1.82) is 0 Å². The van der Waals surface area contributed by atoms with Crippen LogP contribution in [-0.2, 0) is 36.3 Å². The number of hydrogen-bond donors (Lipinski definition) is 5. The lowest BCUT2D eigenvalue weighted by atomic mass is 10.0. The van der Waals surface area contributed by atoms with Crippen LogP contribution in [0.4, 0.5) is 5.82 Å². The maximum absolute atomic E-state index is 13.5. The Balaban J connectivity index is 1.60. The van der Waals surface area contributed by atoms with E-state index in [0.29, 0.717) is 11.3 Å². The van der Waals surface area contributed by atoms with E-state index in [-0.39, 0.29) is 34.2 Å². The molecule has 248 valence electrons. The Labute approximate surface area is 263 Å². The first-order valence-electron chi connectivity index (χ1n) is 12.5. The predicted octanol–water partition coefficient (Wildman–Crippen LogP) is 3.35. The van der Waals surface area contributed by atoms with E-state index in [4.69, 9.17) is 34.3 Å². The van der Waals surface area contributed by atoms with Gasteiger partial charge in [0.1, 0.15) is 36.0 Å². The van der Waals surface area contributed by atoms with E-state index in [1.807, 2.05) is 13.2 Å². The maximum atomic E-state index is 13.5. The molecule has 45 heavy (non-hydrogen) atoms. The van der Waals surface area contributed by atoms with Gasteiger partial charge in [0.2, 0.25) is 0 Å². The molecular formula is C21H28N5O14P3S2. The highest BCUT2D eigenvalue weighted by Crippen LogP contribution is 2.66. The lowest BCUT2D eigenvalue weighted by Gasteiger charge is -2.22. The number of ether oxygens (including phenoxy) is 3. The van der Waals surface area contributed by atoms with Crippen molar-refractivity contribution in [3.05, 3.63) is 42.0 Å². The molecule has 1 aliphatic heterocycles. The number of benzene rings is 1. The summed E-state index contributed by atoms with van der Waals surface area (Å²) in [5.74, 6) is -0.157. The molecule has 1 aromatic carbocycles. The van der Waals surface area contributed by atoms with E-state index in [1.165, 1.54) is 52.0 Å². The summed E-state index contributed by atoms with van der Waals surface area (Å²) >= 11 is 0. The van der Waals surface area contributed by atoms with E-state index < -0.39 is 54.5 Å². The van der Waals surface area contributed by atoms with Gasteiger partial charge in [0.15, 0.2) is 11.5 Å². The third kappa shape index (κ3) is 9.26. The molecule has 19 nitrogen and oxygen atoms in total. The number of nitrogens with zero attached hydrogens (tertiary/aromatic N) is 4. The molecule has 1 aliphatic rings. The summed E-state index contributed by atoms with van der Waals surface area (Å²) in [7, 11) is -12.4. The largest absolute Gasteiger partial charge is 0.497 e. The van der Waals surface area contributed by atoms with E-state index in [0.717, 1.165) is 0 Å². The van der Waals surface area contributed by atoms with Gasteiger partial charge in [-0.25, -0.2) is 33.4 Å². The number of phosphoric acid groups is 3. The van der Waals surface area contributed by atoms with Crippen molar-refractivity contribution in [2.75, 3.05) is 25.7 Å². The van der Waals surface area contributed by atoms with Crippen LogP contribution in [0.25, 0.3) is 11.2 Å². The summed E-state index contributed by atoms with van der Waals surface area (Å²) < 4.78 is 66.0. The number of methoxy groups -OCH3 is 1. The molecule has 0 saturated carbocycles. The molecule has 0 amide bonds. The number of hydrogen-bond acceptors (Lipinski definition) is 16. The molecular weight excluding hydrogens is 703 g/mol. The van der Waals surface area contributed by atoms with Crippen LogP contribution in [0, 0.1) is 0 Å². The Bertz CT molecular complexity index is 1690. The van der Waals surface area contributed by atoms with Crippen molar-refractivity contribution in [3.63, 3.8) is 0 Å². The van der Waals surface area contributed by atoms with Crippen molar-refractivity contribution >= 4 is 68.0 Å². The van der Waals surface area contributed by atoms with Gasteiger partial charge in [-0.15, -0.1) is 0 Å². The first-order chi connectivity index (χ1) is 21.0. The first kappa shape index (κ1) is 35.8. The molecule has 4 rings (SSSR count). The summed E-state index contributed by atoms with van der Waals surface area (Å²) in [5.41, 5.74) is 7.24. The molecule has 6 N–H and O–H groups in total. The van der Waals surface area contributed by atoms with Gasteiger partial charge in [0, 0.05) is 11.7 Å². The van der Waals surface area contributed by atoms with Crippen LogP contribution in [0.3, 0.4) is 0 Å². The summed E-state index contributed by atoms with van der Waals surface area (Å²) in [6.07, 6.45) is 1.02. The van der Waals surface area contributed by atoms with Crippen LogP contribution in [-0.4, -0.2) is 77.2 Å². The number of carbonyl (C=O) groups excluding carboxylic acids is 1. The van der Waals surface area contributed by atoms with Crippen LogP contribution in [0.5, 0.6) is 5.75 Å². The standard InChI is InChI=1S/C21H28N5O14P3S2/c1-11(45-44-3)14-6-12(35-2)4-5-13(14)21(27)38-15-7-17(26-10-25-18-19(22)23-9-24-20(18)26)37-16(15)8-36-42(31,32)40-43(33,34)39-41(28,29)30/h4-6,9-11,15-17H,7-8H2,1-3H3,(H,31,32)(H,33,34)(H2,22,23,24)(H2,28,29,30)/t11?,15-,16-,17-/m1/s1. The number of rotatable bonds is 14. The minimum atomic E-state index is -5.77. The van der Waals surface area contributed by atoms with Crippen LogP contribution >= 0.6 is 45.1 Å². The van der Waals surface area contributed by atoms with Gasteiger partial charge in [-0.1, -0.05) is 21.6 Å². The summed E-state index contributed by atoms with van der Waals surface area (Å²) in [4.78, 5) is 62.7. The van der Waals surface area contributed by atoms with Gasteiger partial charge < -0.3 is 39.5 Å². The third-order valence-electron chi connectivity index (χ3n) is 6.11. The number of aromatic nitrogens is 4. The van der Waals surface area contributed by atoms with Crippen LogP contribution < -0.4 is 10.5 Å². The van der Waals surface area contributed by atoms with Crippen LogP contribution in [0.15, 0.2) is 30.9 Å². The van der Waals surface area contributed by atoms with Crippen molar-refractivity contribution in [3.8, 4) is 5.75 Å². The number of carbonyl (C=O) groups is 1. The first-order valence-corrected chi connectivity index (χ1v) is 19.6. The number of anilines is 1. The van der Waals surface area contributed by atoms with Gasteiger partial charge >= 0.3 is 29.4 Å². The smallest absolute Gasteiger partial charge is 0.490 e. The molecule has 0 aliphatic carbocycles. The van der Waals surface area contributed by atoms with Crippen LogP contribution in [0.2, 0.25) is 0 Å². The molecule has 0 spiro atoms. The molecule has 3 heterocycles. The van der Waals surface area contributed by atoms with E-state index in [1.54, 1.807) is 12.1 Å². The number of phosphoric ester groups is 1. The monoisotopic (exact) mass is 731 g/mol. The molecule has 1 fully saturated rings. The Morgan fingerprint density at radius 2 is 1.89 bits per heavy atom. The fraction of sp³-hybridized carbons (Fsp3) is 0.429. The Hall–Kier alpha value is -2.09. The molecule has 2 aromatic heterocycles. The molecule has 0 bridgehead atoms.